The van der Waals surface area contributed by atoms with Crippen LogP contribution in [0.5, 0.6) is 0 Å². The van der Waals surface area contributed by atoms with Crippen LogP contribution in [0.3, 0.4) is 0 Å². The second-order valence-corrected chi connectivity index (χ2v) is 7.24. The van der Waals surface area contributed by atoms with Crippen molar-refractivity contribution in [1.82, 2.24) is 4.31 Å². The Kier molecular flexibility index (Phi) is 3.41. The highest BCUT2D eigenvalue weighted by atomic mass is 79.9. The van der Waals surface area contributed by atoms with Crippen molar-refractivity contribution in [1.29, 1.82) is 0 Å². The molecule has 0 saturated carbocycles. The van der Waals surface area contributed by atoms with Crippen LogP contribution in [0.2, 0.25) is 0 Å². The van der Waals surface area contributed by atoms with Gasteiger partial charge >= 0.3 is 0 Å². The summed E-state index contributed by atoms with van der Waals surface area (Å²) in [6, 6.07) is 0. The Labute approximate surface area is 88.7 Å². The summed E-state index contributed by atoms with van der Waals surface area (Å²) in [5.41, 5.74) is 0.190. The molecule has 0 aromatic carbocycles. The van der Waals surface area contributed by atoms with Crippen molar-refractivity contribution in [2.75, 3.05) is 17.8 Å². The molecule has 1 aliphatic heterocycles. The van der Waals surface area contributed by atoms with Gasteiger partial charge in [-0.25, -0.2) is 12.7 Å². The third-order valence-electron chi connectivity index (χ3n) is 2.91. The third kappa shape index (κ3) is 2.44. The molecule has 1 aliphatic rings. The van der Waals surface area contributed by atoms with Gasteiger partial charge in [0.25, 0.3) is 0 Å². The molecule has 1 unspecified atom stereocenters. The minimum Gasteiger partial charge on any atom is -0.211 e. The number of halogens is 1. The van der Waals surface area contributed by atoms with Gasteiger partial charge in [-0.15, -0.1) is 0 Å². The summed E-state index contributed by atoms with van der Waals surface area (Å²) in [6.45, 7) is 5.62. The number of alkyl halides is 1. The van der Waals surface area contributed by atoms with Gasteiger partial charge in [0.2, 0.25) is 10.0 Å². The van der Waals surface area contributed by atoms with Gasteiger partial charge in [-0.05, 0) is 18.3 Å². The fraction of sp³-hybridized carbons (Fsp3) is 1.00. The molecule has 1 fully saturated rings. The molecule has 0 N–H and O–H groups in total. The molecule has 5 heteroatoms. The molecular formula is C8H16BrNO2S. The zero-order chi connectivity index (χ0) is 10.1. The van der Waals surface area contributed by atoms with Crippen LogP contribution in [0.15, 0.2) is 0 Å². The highest BCUT2D eigenvalue weighted by Gasteiger charge is 2.37. The molecule has 0 aromatic heterocycles. The van der Waals surface area contributed by atoms with E-state index in [1.54, 1.807) is 4.31 Å². The number of rotatable bonds is 3. The normalized spacial score (nSPS) is 31.0. The van der Waals surface area contributed by atoms with Gasteiger partial charge in [0, 0.05) is 13.1 Å². The highest BCUT2D eigenvalue weighted by molar-refractivity contribution is 9.10. The molecule has 0 aliphatic carbocycles. The van der Waals surface area contributed by atoms with E-state index in [0.29, 0.717) is 13.1 Å². The molecule has 0 bridgehead atoms. The van der Waals surface area contributed by atoms with Gasteiger partial charge in [0.1, 0.15) is 4.66 Å². The Morgan fingerprint density at radius 1 is 1.54 bits per heavy atom. The predicted molar refractivity (Wildman–Crippen MR) is 57.3 cm³/mol. The van der Waals surface area contributed by atoms with Crippen LogP contribution >= 0.6 is 15.9 Å². The molecule has 0 aromatic rings. The largest absolute Gasteiger partial charge is 0.224 e. The van der Waals surface area contributed by atoms with E-state index < -0.39 is 10.0 Å². The first kappa shape index (κ1) is 11.5. The Bertz CT molecular complexity index is 278. The number of hydrogen-bond acceptors (Lipinski definition) is 2. The molecule has 1 heterocycles. The third-order valence-corrected chi connectivity index (χ3v) is 6.02. The second kappa shape index (κ2) is 3.87. The van der Waals surface area contributed by atoms with Crippen LogP contribution in [-0.2, 0) is 10.0 Å². The van der Waals surface area contributed by atoms with Crippen molar-refractivity contribution in [3.8, 4) is 0 Å². The lowest BCUT2D eigenvalue weighted by Gasteiger charge is -2.21. The summed E-state index contributed by atoms with van der Waals surface area (Å²) >= 11 is 3.01. The van der Waals surface area contributed by atoms with E-state index in [0.717, 1.165) is 12.8 Å². The Hall–Kier alpha value is 0.390. The number of nitrogens with zero attached hydrogens (tertiary/aromatic N) is 1. The van der Waals surface area contributed by atoms with Crippen LogP contribution in [0.4, 0.5) is 0 Å². The second-order valence-electron chi connectivity index (χ2n) is 3.97. The van der Waals surface area contributed by atoms with Crippen LogP contribution in [0.25, 0.3) is 0 Å². The van der Waals surface area contributed by atoms with Crippen molar-refractivity contribution >= 4 is 26.0 Å². The monoisotopic (exact) mass is 269 g/mol. The van der Waals surface area contributed by atoms with Crippen molar-refractivity contribution in [3.05, 3.63) is 0 Å². The molecule has 13 heavy (non-hydrogen) atoms. The fourth-order valence-corrected chi connectivity index (χ4v) is 3.46. The van der Waals surface area contributed by atoms with Crippen molar-refractivity contribution in [2.45, 2.75) is 26.7 Å². The Balaban J connectivity index is 2.71. The first-order chi connectivity index (χ1) is 5.93. The van der Waals surface area contributed by atoms with Crippen LogP contribution < -0.4 is 0 Å². The molecule has 1 rings (SSSR count). The van der Waals surface area contributed by atoms with Gasteiger partial charge in [-0.2, -0.15) is 0 Å². The van der Waals surface area contributed by atoms with Crippen LogP contribution in [0, 0.1) is 5.41 Å². The number of sulfonamides is 1. The Morgan fingerprint density at radius 3 is 2.54 bits per heavy atom. The number of hydrogen-bond donors (Lipinski definition) is 0. The maximum Gasteiger partial charge on any atom is 0.224 e. The predicted octanol–water partition coefficient (Wildman–Crippen LogP) is 1.79. The first-order valence-electron chi connectivity index (χ1n) is 4.47. The lowest BCUT2D eigenvalue weighted by Crippen LogP contribution is -2.31. The lowest BCUT2D eigenvalue weighted by atomic mass is 9.87. The van der Waals surface area contributed by atoms with Crippen molar-refractivity contribution in [3.63, 3.8) is 0 Å². The lowest BCUT2D eigenvalue weighted by molar-refractivity contribution is 0.327. The average molecular weight is 270 g/mol. The molecular weight excluding hydrogens is 254 g/mol. The summed E-state index contributed by atoms with van der Waals surface area (Å²) in [7, 11) is -3.03. The van der Waals surface area contributed by atoms with E-state index in [-0.39, 0.29) is 10.1 Å². The molecule has 0 radical (unpaired) electrons. The van der Waals surface area contributed by atoms with Crippen molar-refractivity contribution < 1.29 is 8.42 Å². The summed E-state index contributed by atoms with van der Waals surface area (Å²) < 4.78 is 24.6. The zero-order valence-corrected chi connectivity index (χ0v) is 10.5. The molecule has 0 amide bonds. The smallest absolute Gasteiger partial charge is 0.211 e. The van der Waals surface area contributed by atoms with E-state index in [4.69, 9.17) is 0 Å². The van der Waals surface area contributed by atoms with E-state index in [1.807, 2.05) is 0 Å². The Morgan fingerprint density at radius 2 is 2.15 bits per heavy atom. The summed E-state index contributed by atoms with van der Waals surface area (Å²) in [4.78, 5) is 0. The molecule has 3 nitrogen and oxygen atoms in total. The molecule has 1 atom stereocenters. The maximum absolute atomic E-state index is 11.5. The van der Waals surface area contributed by atoms with E-state index in [1.165, 1.54) is 0 Å². The highest BCUT2D eigenvalue weighted by Crippen LogP contribution is 2.34. The first-order valence-corrected chi connectivity index (χ1v) is 7.20. The fourth-order valence-electron chi connectivity index (χ4n) is 1.57. The zero-order valence-electron chi connectivity index (χ0n) is 8.09. The molecule has 1 saturated heterocycles. The minimum absolute atomic E-state index is 0.0415. The molecule has 78 valence electrons. The van der Waals surface area contributed by atoms with Crippen LogP contribution in [-0.4, -0.2) is 30.5 Å². The van der Waals surface area contributed by atoms with E-state index in [2.05, 4.69) is 29.8 Å². The van der Waals surface area contributed by atoms with Gasteiger partial charge in [0.05, 0.1) is 0 Å². The summed E-state index contributed by atoms with van der Waals surface area (Å²) in [5.74, 6) is 0. The summed E-state index contributed by atoms with van der Waals surface area (Å²) in [6.07, 6.45) is 2.02. The quantitative estimate of drug-likeness (QED) is 0.733. The van der Waals surface area contributed by atoms with E-state index >= 15 is 0 Å². The van der Waals surface area contributed by atoms with Gasteiger partial charge in [-0.1, -0.05) is 29.8 Å². The standard InChI is InChI=1S/C8H16BrNO2S/c1-3-8(2)4-5-10(6-8)13(11,12)7-9/h3-7H2,1-2H3. The molecule has 0 spiro atoms. The topological polar surface area (TPSA) is 37.4 Å². The average Bonchev–Trinajstić information content (AvgIpc) is 2.50. The minimum atomic E-state index is -3.03. The van der Waals surface area contributed by atoms with Gasteiger partial charge in [0.15, 0.2) is 0 Å². The maximum atomic E-state index is 11.5. The van der Waals surface area contributed by atoms with Gasteiger partial charge in [-0.3, -0.25) is 0 Å². The summed E-state index contributed by atoms with van der Waals surface area (Å²) in [5, 5.41) is 0. The SMILES string of the molecule is CCC1(C)CCN(S(=O)(=O)CBr)C1. The van der Waals surface area contributed by atoms with Crippen LogP contribution in [0.1, 0.15) is 26.7 Å². The van der Waals surface area contributed by atoms with Crippen molar-refractivity contribution in [2.24, 2.45) is 5.41 Å². The van der Waals surface area contributed by atoms with Gasteiger partial charge < -0.3 is 0 Å². The van der Waals surface area contributed by atoms with E-state index in [9.17, 15) is 8.42 Å².